The topological polar surface area (TPSA) is 57.8 Å². The minimum atomic E-state index is 0.124. The Morgan fingerprint density at radius 3 is 2.63 bits per heavy atom. The van der Waals surface area contributed by atoms with Crippen LogP contribution in [0.4, 0.5) is 5.69 Å². The van der Waals surface area contributed by atoms with Gasteiger partial charge >= 0.3 is 0 Å². The third kappa shape index (κ3) is 2.84. The average molecular weight is 255 g/mol. The maximum atomic E-state index is 11.8. The normalized spacial score (nSPS) is 14.9. The molecule has 98 valence electrons. The Balaban J connectivity index is 1.61. The maximum Gasteiger partial charge on any atom is 0.224 e. The summed E-state index contributed by atoms with van der Waals surface area (Å²) in [4.78, 5) is 11.8. The number of nitrogens with one attached hydrogen (secondary N) is 2. The molecule has 1 heterocycles. The molecule has 2 aromatic rings. The van der Waals surface area contributed by atoms with Gasteiger partial charge in [0.1, 0.15) is 0 Å². The van der Waals surface area contributed by atoms with Crippen molar-refractivity contribution in [2.75, 3.05) is 5.32 Å². The van der Waals surface area contributed by atoms with Gasteiger partial charge in [-0.05, 0) is 42.5 Å². The highest BCUT2D eigenvalue weighted by molar-refractivity contribution is 5.91. The monoisotopic (exact) mass is 255 g/mol. The number of carbonyl (C=O) groups excluding carboxylic acids is 1. The van der Waals surface area contributed by atoms with E-state index < -0.39 is 0 Å². The Kier molecular flexibility index (Phi) is 3.31. The number of aromatic amines is 1. The highest BCUT2D eigenvalue weighted by Gasteiger charge is 2.20. The standard InChI is InChI=1S/C15H17N3O/c19-15(10-11-2-1-3-11)17-13-6-4-12(5-7-13)14-8-9-16-18-14/h4-9,11H,1-3,10H2,(H,16,18)(H,17,19). The number of hydrogen-bond donors (Lipinski definition) is 2. The van der Waals surface area contributed by atoms with Gasteiger partial charge in [-0.25, -0.2) is 0 Å². The molecule has 3 rings (SSSR count). The Labute approximate surface area is 112 Å². The number of nitrogens with zero attached hydrogens (tertiary/aromatic N) is 1. The fourth-order valence-electron chi connectivity index (χ4n) is 2.32. The second-order valence-corrected chi connectivity index (χ2v) is 5.10. The summed E-state index contributed by atoms with van der Waals surface area (Å²) >= 11 is 0. The molecular formula is C15H17N3O. The van der Waals surface area contributed by atoms with E-state index >= 15 is 0 Å². The third-order valence-corrected chi connectivity index (χ3v) is 3.68. The lowest BCUT2D eigenvalue weighted by Crippen LogP contribution is -2.20. The molecule has 1 aliphatic carbocycles. The number of hydrogen-bond acceptors (Lipinski definition) is 2. The van der Waals surface area contributed by atoms with Crippen molar-refractivity contribution in [1.29, 1.82) is 0 Å². The lowest BCUT2D eigenvalue weighted by molar-refractivity contribution is -0.117. The molecule has 1 fully saturated rings. The molecule has 0 atom stereocenters. The van der Waals surface area contributed by atoms with Crippen LogP contribution in [0.15, 0.2) is 36.5 Å². The van der Waals surface area contributed by atoms with Crippen molar-refractivity contribution >= 4 is 11.6 Å². The van der Waals surface area contributed by atoms with Crippen molar-refractivity contribution in [1.82, 2.24) is 10.2 Å². The molecule has 0 aliphatic heterocycles. The van der Waals surface area contributed by atoms with Crippen molar-refractivity contribution in [2.45, 2.75) is 25.7 Å². The van der Waals surface area contributed by atoms with Crippen molar-refractivity contribution in [3.8, 4) is 11.3 Å². The van der Waals surface area contributed by atoms with Gasteiger partial charge in [0.2, 0.25) is 5.91 Å². The zero-order chi connectivity index (χ0) is 13.1. The molecule has 19 heavy (non-hydrogen) atoms. The van der Waals surface area contributed by atoms with E-state index in [9.17, 15) is 4.79 Å². The molecule has 4 nitrogen and oxygen atoms in total. The van der Waals surface area contributed by atoms with Gasteiger partial charge < -0.3 is 5.32 Å². The second kappa shape index (κ2) is 5.26. The van der Waals surface area contributed by atoms with Crippen LogP contribution in [0.5, 0.6) is 0 Å². The first-order valence-corrected chi connectivity index (χ1v) is 6.71. The number of amides is 1. The molecule has 0 bridgehead atoms. The van der Waals surface area contributed by atoms with Crippen LogP contribution in [0.25, 0.3) is 11.3 Å². The first-order valence-electron chi connectivity index (χ1n) is 6.71. The van der Waals surface area contributed by atoms with Gasteiger partial charge in [0, 0.05) is 18.3 Å². The van der Waals surface area contributed by atoms with Crippen LogP contribution in [0, 0.1) is 5.92 Å². The van der Waals surface area contributed by atoms with E-state index in [0.717, 1.165) is 16.9 Å². The van der Waals surface area contributed by atoms with Gasteiger partial charge in [0.25, 0.3) is 0 Å². The van der Waals surface area contributed by atoms with Crippen molar-refractivity contribution in [3.05, 3.63) is 36.5 Å². The van der Waals surface area contributed by atoms with Crippen LogP contribution in [-0.4, -0.2) is 16.1 Å². The molecule has 0 spiro atoms. The Hall–Kier alpha value is -2.10. The third-order valence-electron chi connectivity index (χ3n) is 3.68. The molecule has 0 radical (unpaired) electrons. The number of rotatable bonds is 4. The Bertz CT molecular complexity index is 541. The van der Waals surface area contributed by atoms with E-state index in [-0.39, 0.29) is 5.91 Å². The predicted molar refractivity (Wildman–Crippen MR) is 74.6 cm³/mol. The van der Waals surface area contributed by atoms with Gasteiger partial charge in [-0.1, -0.05) is 18.6 Å². The molecule has 1 amide bonds. The first kappa shape index (κ1) is 12.0. The molecule has 1 saturated carbocycles. The van der Waals surface area contributed by atoms with Crippen LogP contribution in [-0.2, 0) is 4.79 Å². The number of anilines is 1. The summed E-state index contributed by atoms with van der Waals surface area (Å²) in [6.07, 6.45) is 6.06. The van der Waals surface area contributed by atoms with Crippen molar-refractivity contribution in [3.63, 3.8) is 0 Å². The van der Waals surface area contributed by atoms with Crippen LogP contribution in [0.3, 0.4) is 0 Å². The van der Waals surface area contributed by atoms with Crippen LogP contribution < -0.4 is 5.32 Å². The molecule has 0 unspecified atom stereocenters. The quantitative estimate of drug-likeness (QED) is 0.881. The van der Waals surface area contributed by atoms with Crippen LogP contribution in [0.2, 0.25) is 0 Å². The van der Waals surface area contributed by atoms with Gasteiger partial charge in [0.15, 0.2) is 0 Å². The number of carbonyl (C=O) groups is 1. The summed E-state index contributed by atoms with van der Waals surface area (Å²) in [7, 11) is 0. The molecule has 1 aromatic heterocycles. The first-order chi connectivity index (χ1) is 9.31. The number of aromatic nitrogens is 2. The molecule has 4 heteroatoms. The minimum absolute atomic E-state index is 0.124. The summed E-state index contributed by atoms with van der Waals surface area (Å²) in [5.74, 6) is 0.725. The Morgan fingerprint density at radius 1 is 1.26 bits per heavy atom. The molecule has 1 aliphatic rings. The van der Waals surface area contributed by atoms with Gasteiger partial charge in [0.05, 0.1) is 5.69 Å². The fraction of sp³-hybridized carbons (Fsp3) is 0.333. The minimum Gasteiger partial charge on any atom is -0.326 e. The molecule has 2 N–H and O–H groups in total. The average Bonchev–Trinajstić information content (AvgIpc) is 2.89. The molecule has 0 saturated heterocycles. The van der Waals surface area contributed by atoms with Gasteiger partial charge in [-0.3, -0.25) is 9.89 Å². The highest BCUT2D eigenvalue weighted by Crippen LogP contribution is 2.29. The van der Waals surface area contributed by atoms with Crippen molar-refractivity contribution in [2.24, 2.45) is 5.92 Å². The van der Waals surface area contributed by atoms with E-state index in [0.29, 0.717) is 12.3 Å². The van der Waals surface area contributed by atoms with E-state index in [1.165, 1.54) is 19.3 Å². The fourth-order valence-corrected chi connectivity index (χ4v) is 2.32. The van der Waals surface area contributed by atoms with Crippen molar-refractivity contribution < 1.29 is 4.79 Å². The van der Waals surface area contributed by atoms with Crippen LogP contribution >= 0.6 is 0 Å². The number of benzene rings is 1. The summed E-state index contributed by atoms with van der Waals surface area (Å²) in [6, 6.07) is 9.73. The zero-order valence-corrected chi connectivity index (χ0v) is 10.7. The Morgan fingerprint density at radius 2 is 2.05 bits per heavy atom. The van der Waals surface area contributed by atoms with E-state index in [1.54, 1.807) is 6.20 Å². The molecular weight excluding hydrogens is 238 g/mol. The summed E-state index contributed by atoms with van der Waals surface area (Å²) in [6.45, 7) is 0. The van der Waals surface area contributed by atoms with E-state index in [4.69, 9.17) is 0 Å². The lowest BCUT2D eigenvalue weighted by Gasteiger charge is -2.24. The summed E-state index contributed by atoms with van der Waals surface area (Å²) < 4.78 is 0. The van der Waals surface area contributed by atoms with Gasteiger partial charge in [-0.15, -0.1) is 0 Å². The van der Waals surface area contributed by atoms with E-state index in [2.05, 4.69) is 15.5 Å². The second-order valence-electron chi connectivity index (χ2n) is 5.10. The van der Waals surface area contributed by atoms with Gasteiger partial charge in [-0.2, -0.15) is 5.10 Å². The smallest absolute Gasteiger partial charge is 0.224 e. The maximum absolute atomic E-state index is 11.8. The predicted octanol–water partition coefficient (Wildman–Crippen LogP) is 3.21. The zero-order valence-electron chi connectivity index (χ0n) is 10.7. The largest absolute Gasteiger partial charge is 0.326 e. The summed E-state index contributed by atoms with van der Waals surface area (Å²) in [5.41, 5.74) is 2.90. The van der Waals surface area contributed by atoms with Crippen LogP contribution in [0.1, 0.15) is 25.7 Å². The summed E-state index contributed by atoms with van der Waals surface area (Å²) in [5, 5.41) is 9.79. The molecule has 1 aromatic carbocycles. The SMILES string of the molecule is O=C(CC1CCC1)Nc1ccc(-c2ccn[nH]2)cc1. The number of H-pyrrole nitrogens is 1. The highest BCUT2D eigenvalue weighted by atomic mass is 16.1. The lowest BCUT2D eigenvalue weighted by atomic mass is 9.83. The van der Waals surface area contributed by atoms with E-state index in [1.807, 2.05) is 30.3 Å².